The fourth-order valence-electron chi connectivity index (χ4n) is 2.72. The van der Waals surface area contributed by atoms with Crippen LogP contribution in [0.4, 0.5) is 20.6 Å². The predicted octanol–water partition coefficient (Wildman–Crippen LogP) is 2.69. The average Bonchev–Trinajstić information content (AvgIpc) is 2.63. The maximum Gasteiger partial charge on any atom is 0.319 e. The molecular formula is C18H21FN4O2. The summed E-state index contributed by atoms with van der Waals surface area (Å²) >= 11 is 0. The van der Waals surface area contributed by atoms with Crippen molar-refractivity contribution in [3.05, 3.63) is 53.6 Å². The highest BCUT2D eigenvalue weighted by molar-refractivity contribution is 5.93. The zero-order chi connectivity index (χ0) is 17.6. The number of urea groups is 1. The summed E-state index contributed by atoms with van der Waals surface area (Å²) in [7, 11) is 0. The predicted molar refractivity (Wildman–Crippen MR) is 94.3 cm³/mol. The van der Waals surface area contributed by atoms with E-state index in [-0.39, 0.29) is 11.8 Å². The number of amides is 2. The van der Waals surface area contributed by atoms with E-state index in [0.717, 1.165) is 11.3 Å². The van der Waals surface area contributed by atoms with Crippen molar-refractivity contribution in [1.29, 1.82) is 0 Å². The molecule has 2 N–H and O–H groups in total. The Morgan fingerprint density at radius 3 is 2.88 bits per heavy atom. The number of benzene rings is 1. The summed E-state index contributed by atoms with van der Waals surface area (Å²) in [6.45, 7) is 4.76. The first-order chi connectivity index (χ1) is 12.1. The lowest BCUT2D eigenvalue weighted by molar-refractivity contribution is 0.122. The van der Waals surface area contributed by atoms with Crippen LogP contribution in [0.25, 0.3) is 0 Å². The van der Waals surface area contributed by atoms with E-state index in [1.807, 2.05) is 24.0 Å². The first kappa shape index (κ1) is 17.2. The number of anilines is 2. The molecule has 6 nitrogen and oxygen atoms in total. The first-order valence-electron chi connectivity index (χ1n) is 8.21. The quantitative estimate of drug-likeness (QED) is 0.895. The van der Waals surface area contributed by atoms with E-state index in [9.17, 15) is 9.18 Å². The minimum absolute atomic E-state index is 0.335. The van der Waals surface area contributed by atoms with Crippen LogP contribution in [0.5, 0.6) is 0 Å². The topological polar surface area (TPSA) is 66.5 Å². The largest absolute Gasteiger partial charge is 0.378 e. The van der Waals surface area contributed by atoms with Crippen molar-refractivity contribution in [3.8, 4) is 0 Å². The number of ether oxygens (including phenoxy) is 1. The molecule has 0 bridgehead atoms. The molecule has 1 saturated heterocycles. The summed E-state index contributed by atoms with van der Waals surface area (Å²) in [4.78, 5) is 18.4. The van der Waals surface area contributed by atoms with Crippen LogP contribution in [0.3, 0.4) is 0 Å². The number of rotatable bonds is 4. The normalized spacial score (nSPS) is 14.2. The van der Waals surface area contributed by atoms with E-state index < -0.39 is 0 Å². The van der Waals surface area contributed by atoms with Crippen molar-refractivity contribution >= 4 is 17.4 Å². The molecule has 132 valence electrons. The second kappa shape index (κ2) is 7.94. The molecule has 1 aromatic heterocycles. The number of halogens is 1. The molecule has 0 radical (unpaired) electrons. The number of morpholine rings is 1. The van der Waals surface area contributed by atoms with Gasteiger partial charge in [0.15, 0.2) is 0 Å². The fraction of sp³-hybridized carbons (Fsp3) is 0.333. The van der Waals surface area contributed by atoms with Crippen LogP contribution in [-0.4, -0.2) is 37.3 Å². The molecule has 7 heteroatoms. The molecule has 25 heavy (non-hydrogen) atoms. The summed E-state index contributed by atoms with van der Waals surface area (Å²) in [5.74, 6) is -0.335. The molecule has 1 aromatic carbocycles. The number of hydrogen-bond donors (Lipinski definition) is 2. The van der Waals surface area contributed by atoms with Crippen LogP contribution >= 0.6 is 0 Å². The van der Waals surface area contributed by atoms with E-state index in [0.29, 0.717) is 44.2 Å². The fourth-order valence-corrected chi connectivity index (χ4v) is 2.72. The molecule has 1 aliphatic rings. The lowest BCUT2D eigenvalue weighted by Gasteiger charge is -2.30. The van der Waals surface area contributed by atoms with Gasteiger partial charge in [0.05, 0.1) is 24.6 Å². The van der Waals surface area contributed by atoms with Gasteiger partial charge in [-0.2, -0.15) is 0 Å². The average molecular weight is 344 g/mol. The van der Waals surface area contributed by atoms with Gasteiger partial charge in [0.2, 0.25) is 0 Å². The third kappa shape index (κ3) is 4.45. The van der Waals surface area contributed by atoms with E-state index in [1.165, 1.54) is 12.1 Å². The summed E-state index contributed by atoms with van der Waals surface area (Å²) in [6, 6.07) is 7.76. The Kier molecular flexibility index (Phi) is 5.45. The molecule has 0 aliphatic carbocycles. The zero-order valence-corrected chi connectivity index (χ0v) is 14.1. The number of hydrogen-bond acceptors (Lipinski definition) is 4. The van der Waals surface area contributed by atoms with Crippen LogP contribution in [-0.2, 0) is 11.3 Å². The monoisotopic (exact) mass is 344 g/mol. The standard InChI is InChI=1S/C18H21FN4O2/c1-13-14(3-2-6-20-13)12-21-18(24)22-16-5-4-15(19)11-17(16)23-7-9-25-10-8-23/h2-6,11H,7-10,12H2,1H3,(H2,21,22,24). The molecule has 3 rings (SSSR count). The molecule has 0 saturated carbocycles. The van der Waals surface area contributed by atoms with Gasteiger partial charge in [0.25, 0.3) is 0 Å². The van der Waals surface area contributed by atoms with Gasteiger partial charge in [-0.1, -0.05) is 6.07 Å². The van der Waals surface area contributed by atoms with Gasteiger partial charge < -0.3 is 20.3 Å². The second-order valence-electron chi connectivity index (χ2n) is 5.82. The van der Waals surface area contributed by atoms with Crippen LogP contribution in [0.1, 0.15) is 11.3 Å². The molecule has 0 unspecified atom stereocenters. The molecule has 0 atom stereocenters. The summed E-state index contributed by atoms with van der Waals surface area (Å²) < 4.78 is 19.0. The van der Waals surface area contributed by atoms with E-state index in [4.69, 9.17) is 4.74 Å². The zero-order valence-electron chi connectivity index (χ0n) is 14.1. The van der Waals surface area contributed by atoms with Gasteiger partial charge in [-0.05, 0) is 36.8 Å². The third-order valence-corrected chi connectivity index (χ3v) is 4.12. The van der Waals surface area contributed by atoms with Crippen LogP contribution in [0.2, 0.25) is 0 Å². The molecule has 2 amide bonds. The summed E-state index contributed by atoms with van der Waals surface area (Å²) in [6.07, 6.45) is 1.71. The highest BCUT2D eigenvalue weighted by Gasteiger charge is 2.17. The Morgan fingerprint density at radius 1 is 1.32 bits per heavy atom. The molecule has 1 fully saturated rings. The third-order valence-electron chi connectivity index (χ3n) is 4.12. The first-order valence-corrected chi connectivity index (χ1v) is 8.21. The van der Waals surface area contributed by atoms with Gasteiger partial charge in [-0.15, -0.1) is 0 Å². The smallest absolute Gasteiger partial charge is 0.319 e. The SMILES string of the molecule is Cc1ncccc1CNC(=O)Nc1ccc(F)cc1N1CCOCC1. The molecular weight excluding hydrogens is 323 g/mol. The van der Waals surface area contributed by atoms with Gasteiger partial charge in [0, 0.05) is 31.5 Å². The number of nitrogens with one attached hydrogen (secondary N) is 2. The Morgan fingerprint density at radius 2 is 2.12 bits per heavy atom. The number of carbonyl (C=O) groups excluding carboxylic acids is 1. The van der Waals surface area contributed by atoms with Crippen molar-refractivity contribution < 1.29 is 13.9 Å². The van der Waals surface area contributed by atoms with Crippen molar-refractivity contribution in [1.82, 2.24) is 10.3 Å². The molecule has 2 aromatic rings. The maximum atomic E-state index is 13.7. The van der Waals surface area contributed by atoms with Gasteiger partial charge in [-0.25, -0.2) is 9.18 Å². The molecule has 1 aliphatic heterocycles. The Hall–Kier alpha value is -2.67. The van der Waals surface area contributed by atoms with Crippen LogP contribution in [0.15, 0.2) is 36.5 Å². The minimum atomic E-state index is -0.343. The Balaban J connectivity index is 1.67. The van der Waals surface area contributed by atoms with Gasteiger partial charge >= 0.3 is 6.03 Å². The number of carbonyl (C=O) groups is 1. The van der Waals surface area contributed by atoms with Crippen molar-refractivity contribution in [2.75, 3.05) is 36.5 Å². The highest BCUT2D eigenvalue weighted by Crippen LogP contribution is 2.27. The lowest BCUT2D eigenvalue weighted by atomic mass is 10.2. The summed E-state index contributed by atoms with van der Waals surface area (Å²) in [5, 5.41) is 5.61. The summed E-state index contributed by atoms with van der Waals surface area (Å²) in [5.41, 5.74) is 3.06. The molecule has 0 spiro atoms. The number of pyridine rings is 1. The lowest BCUT2D eigenvalue weighted by Crippen LogP contribution is -2.37. The van der Waals surface area contributed by atoms with Crippen molar-refractivity contribution in [2.24, 2.45) is 0 Å². The number of nitrogens with zero attached hydrogens (tertiary/aromatic N) is 2. The minimum Gasteiger partial charge on any atom is -0.378 e. The van der Waals surface area contributed by atoms with Gasteiger partial charge in [-0.3, -0.25) is 4.98 Å². The second-order valence-corrected chi connectivity index (χ2v) is 5.82. The van der Waals surface area contributed by atoms with E-state index >= 15 is 0 Å². The van der Waals surface area contributed by atoms with Crippen molar-refractivity contribution in [2.45, 2.75) is 13.5 Å². The Bertz CT molecular complexity index is 748. The van der Waals surface area contributed by atoms with E-state index in [2.05, 4.69) is 15.6 Å². The van der Waals surface area contributed by atoms with Crippen LogP contribution < -0.4 is 15.5 Å². The van der Waals surface area contributed by atoms with Crippen LogP contribution in [0, 0.1) is 12.7 Å². The highest BCUT2D eigenvalue weighted by atomic mass is 19.1. The van der Waals surface area contributed by atoms with Crippen molar-refractivity contribution in [3.63, 3.8) is 0 Å². The molecule has 2 heterocycles. The maximum absolute atomic E-state index is 13.7. The Labute approximate surface area is 146 Å². The van der Waals surface area contributed by atoms with Gasteiger partial charge in [0.1, 0.15) is 5.82 Å². The van der Waals surface area contributed by atoms with E-state index in [1.54, 1.807) is 12.3 Å². The number of aryl methyl sites for hydroxylation is 1. The number of aromatic nitrogens is 1.